The lowest BCUT2D eigenvalue weighted by atomic mass is 10.1. The minimum atomic E-state index is 0.260. The third-order valence-corrected chi connectivity index (χ3v) is 3.34. The Balaban J connectivity index is 2.68. The second-order valence-corrected chi connectivity index (χ2v) is 4.91. The van der Waals surface area contributed by atoms with Crippen molar-refractivity contribution in [2.24, 2.45) is 5.73 Å². The molecule has 0 saturated heterocycles. The first kappa shape index (κ1) is 14.0. The van der Waals surface area contributed by atoms with Gasteiger partial charge in [0.05, 0.1) is 16.3 Å². The van der Waals surface area contributed by atoms with E-state index in [1.54, 1.807) is 10.7 Å². The number of nitrogens with zero attached hydrogens (tertiary/aromatic N) is 3. The Bertz CT molecular complexity index is 621. The van der Waals surface area contributed by atoms with Crippen molar-refractivity contribution in [1.82, 2.24) is 14.8 Å². The molecule has 0 atom stereocenters. The van der Waals surface area contributed by atoms with Gasteiger partial charge in [-0.05, 0) is 12.1 Å². The molecule has 0 aliphatic heterocycles. The Kier molecular flexibility index (Phi) is 4.17. The van der Waals surface area contributed by atoms with Crippen LogP contribution in [0.25, 0.3) is 5.69 Å². The van der Waals surface area contributed by atoms with Crippen LogP contribution in [0.1, 0.15) is 31.1 Å². The molecule has 6 heteroatoms. The first-order valence-corrected chi connectivity index (χ1v) is 6.90. The quantitative estimate of drug-likeness (QED) is 0.881. The topological polar surface area (TPSA) is 56.7 Å². The maximum atomic E-state index is 6.18. The SMILES string of the molecule is CCc1nc(CC)n(-c2cccc(Cl)c2C(N)=S)n1. The van der Waals surface area contributed by atoms with Crippen molar-refractivity contribution in [1.29, 1.82) is 0 Å². The fourth-order valence-corrected chi connectivity index (χ4v) is 2.44. The predicted octanol–water partition coefficient (Wildman–Crippen LogP) is 2.68. The number of halogens is 1. The van der Waals surface area contributed by atoms with Gasteiger partial charge in [-0.25, -0.2) is 9.67 Å². The van der Waals surface area contributed by atoms with Crippen molar-refractivity contribution in [3.05, 3.63) is 40.4 Å². The summed E-state index contributed by atoms with van der Waals surface area (Å²) in [5.74, 6) is 1.67. The van der Waals surface area contributed by atoms with E-state index < -0.39 is 0 Å². The summed E-state index contributed by atoms with van der Waals surface area (Å²) in [5.41, 5.74) is 7.19. The lowest BCUT2D eigenvalue weighted by Crippen LogP contribution is -2.15. The van der Waals surface area contributed by atoms with E-state index in [-0.39, 0.29) is 4.99 Å². The zero-order valence-electron chi connectivity index (χ0n) is 10.9. The van der Waals surface area contributed by atoms with Crippen LogP contribution < -0.4 is 5.73 Å². The number of aryl methyl sites for hydroxylation is 2. The molecule has 19 heavy (non-hydrogen) atoms. The zero-order chi connectivity index (χ0) is 14.0. The summed E-state index contributed by atoms with van der Waals surface area (Å²) in [4.78, 5) is 4.74. The number of rotatable bonds is 4. The Morgan fingerprint density at radius 3 is 2.68 bits per heavy atom. The summed E-state index contributed by atoms with van der Waals surface area (Å²) in [6, 6.07) is 5.52. The smallest absolute Gasteiger partial charge is 0.151 e. The summed E-state index contributed by atoms with van der Waals surface area (Å²) < 4.78 is 1.78. The van der Waals surface area contributed by atoms with E-state index in [9.17, 15) is 0 Å². The lowest BCUT2D eigenvalue weighted by molar-refractivity contribution is 0.790. The first-order valence-electron chi connectivity index (χ1n) is 6.12. The van der Waals surface area contributed by atoms with Gasteiger partial charge in [0.15, 0.2) is 5.82 Å². The van der Waals surface area contributed by atoms with Crippen LogP contribution in [0, 0.1) is 0 Å². The normalized spacial score (nSPS) is 10.7. The van der Waals surface area contributed by atoms with Gasteiger partial charge in [0.2, 0.25) is 0 Å². The average molecular weight is 295 g/mol. The Hall–Kier alpha value is -1.46. The van der Waals surface area contributed by atoms with Gasteiger partial charge in [-0.15, -0.1) is 0 Å². The number of aromatic nitrogens is 3. The van der Waals surface area contributed by atoms with Gasteiger partial charge in [-0.2, -0.15) is 5.10 Å². The molecule has 2 rings (SSSR count). The van der Waals surface area contributed by atoms with Crippen LogP contribution in [0.3, 0.4) is 0 Å². The second kappa shape index (κ2) is 5.67. The van der Waals surface area contributed by atoms with Crippen molar-refractivity contribution < 1.29 is 0 Å². The van der Waals surface area contributed by atoms with E-state index in [2.05, 4.69) is 10.1 Å². The van der Waals surface area contributed by atoms with E-state index in [4.69, 9.17) is 29.6 Å². The number of thiocarbonyl (C=S) groups is 1. The molecule has 0 saturated carbocycles. The summed E-state index contributed by atoms with van der Waals surface area (Å²) in [6.45, 7) is 4.05. The highest BCUT2D eigenvalue weighted by Gasteiger charge is 2.16. The van der Waals surface area contributed by atoms with Crippen molar-refractivity contribution >= 4 is 28.8 Å². The Labute approximate surface area is 122 Å². The van der Waals surface area contributed by atoms with Gasteiger partial charge >= 0.3 is 0 Å². The predicted molar refractivity (Wildman–Crippen MR) is 81.0 cm³/mol. The molecule has 0 fully saturated rings. The molecule has 4 nitrogen and oxygen atoms in total. The van der Waals surface area contributed by atoms with Gasteiger partial charge in [0.25, 0.3) is 0 Å². The molecule has 0 bridgehead atoms. The van der Waals surface area contributed by atoms with Gasteiger partial charge < -0.3 is 5.73 Å². The highest BCUT2D eigenvalue weighted by atomic mass is 35.5. The largest absolute Gasteiger partial charge is 0.389 e. The molecule has 2 N–H and O–H groups in total. The number of benzene rings is 1. The molecule has 1 heterocycles. The molecule has 1 aromatic carbocycles. The molecule has 2 aromatic rings. The highest BCUT2D eigenvalue weighted by molar-refractivity contribution is 7.80. The molecule has 0 radical (unpaired) electrons. The summed E-state index contributed by atoms with van der Waals surface area (Å²) in [7, 11) is 0. The van der Waals surface area contributed by atoms with Crippen LogP contribution in [-0.2, 0) is 12.8 Å². The number of hydrogen-bond acceptors (Lipinski definition) is 3. The summed E-state index contributed by atoms with van der Waals surface area (Å²) >= 11 is 11.3. The molecule has 1 aromatic heterocycles. The van der Waals surface area contributed by atoms with E-state index in [0.717, 1.165) is 30.2 Å². The van der Waals surface area contributed by atoms with E-state index >= 15 is 0 Å². The van der Waals surface area contributed by atoms with Gasteiger partial charge in [-0.1, -0.05) is 43.7 Å². The van der Waals surface area contributed by atoms with Crippen LogP contribution >= 0.6 is 23.8 Å². The Morgan fingerprint density at radius 2 is 2.11 bits per heavy atom. The van der Waals surface area contributed by atoms with Crippen molar-refractivity contribution in [3.63, 3.8) is 0 Å². The van der Waals surface area contributed by atoms with Crippen molar-refractivity contribution in [3.8, 4) is 5.69 Å². The molecule has 0 aliphatic carbocycles. The van der Waals surface area contributed by atoms with Gasteiger partial charge in [0.1, 0.15) is 10.8 Å². The van der Waals surface area contributed by atoms with E-state index in [1.165, 1.54) is 0 Å². The van der Waals surface area contributed by atoms with Crippen LogP contribution in [0.15, 0.2) is 18.2 Å². The first-order chi connectivity index (χ1) is 9.08. The standard InChI is InChI=1S/C13H15ClN4S/c1-3-10-16-11(4-2)18(17-10)9-7-5-6-8(14)12(9)13(15)19/h5-7H,3-4H2,1-2H3,(H2,15,19). The second-order valence-electron chi connectivity index (χ2n) is 4.06. The van der Waals surface area contributed by atoms with E-state index in [0.29, 0.717) is 10.6 Å². The number of hydrogen-bond donors (Lipinski definition) is 1. The monoisotopic (exact) mass is 294 g/mol. The van der Waals surface area contributed by atoms with Crippen molar-refractivity contribution in [2.75, 3.05) is 0 Å². The molecule has 0 aliphatic rings. The molecule has 0 unspecified atom stereocenters. The van der Waals surface area contributed by atoms with Gasteiger partial charge in [-0.3, -0.25) is 0 Å². The minimum Gasteiger partial charge on any atom is -0.389 e. The maximum Gasteiger partial charge on any atom is 0.151 e. The summed E-state index contributed by atoms with van der Waals surface area (Å²) in [5, 5.41) is 5.01. The third-order valence-electron chi connectivity index (χ3n) is 2.82. The molecule has 100 valence electrons. The maximum absolute atomic E-state index is 6.18. The fourth-order valence-electron chi connectivity index (χ4n) is 1.90. The number of nitrogens with two attached hydrogens (primary N) is 1. The third kappa shape index (κ3) is 2.62. The minimum absolute atomic E-state index is 0.260. The summed E-state index contributed by atoms with van der Waals surface area (Å²) in [6.07, 6.45) is 1.55. The van der Waals surface area contributed by atoms with Crippen LogP contribution in [-0.4, -0.2) is 19.8 Å². The van der Waals surface area contributed by atoms with Crippen LogP contribution in [0.2, 0.25) is 5.02 Å². The lowest BCUT2D eigenvalue weighted by Gasteiger charge is -2.11. The fraction of sp³-hybridized carbons (Fsp3) is 0.308. The zero-order valence-corrected chi connectivity index (χ0v) is 12.4. The van der Waals surface area contributed by atoms with Crippen LogP contribution in [0.5, 0.6) is 0 Å². The van der Waals surface area contributed by atoms with Crippen LogP contribution in [0.4, 0.5) is 0 Å². The highest BCUT2D eigenvalue weighted by Crippen LogP contribution is 2.24. The van der Waals surface area contributed by atoms with Gasteiger partial charge in [0, 0.05) is 12.8 Å². The van der Waals surface area contributed by atoms with Crippen molar-refractivity contribution in [2.45, 2.75) is 26.7 Å². The van der Waals surface area contributed by atoms with E-state index in [1.807, 2.05) is 26.0 Å². The molecule has 0 amide bonds. The average Bonchev–Trinajstić information content (AvgIpc) is 2.81. The Morgan fingerprint density at radius 1 is 1.37 bits per heavy atom. The molecule has 0 spiro atoms. The molecular formula is C13H15ClN4S. The molecular weight excluding hydrogens is 280 g/mol.